The second-order valence-corrected chi connectivity index (χ2v) is 4.39. The van der Waals surface area contributed by atoms with Crippen LogP contribution in [0.15, 0.2) is 18.2 Å². The van der Waals surface area contributed by atoms with Crippen molar-refractivity contribution < 1.29 is 14.7 Å². The third-order valence-corrected chi connectivity index (χ3v) is 2.78. The van der Waals surface area contributed by atoms with Crippen LogP contribution in [0.3, 0.4) is 0 Å². The third kappa shape index (κ3) is 4.02. The Kier molecular flexibility index (Phi) is 5.60. The molecule has 0 saturated heterocycles. The molecule has 0 spiro atoms. The number of carboxylic acids is 1. The highest BCUT2D eigenvalue weighted by atomic mass is 16.4. The summed E-state index contributed by atoms with van der Waals surface area (Å²) in [6.07, 6.45) is 6.02. The van der Waals surface area contributed by atoms with E-state index in [1.54, 1.807) is 19.1 Å². The Labute approximate surface area is 118 Å². The summed E-state index contributed by atoms with van der Waals surface area (Å²) >= 11 is 0. The average molecular weight is 274 g/mol. The second kappa shape index (κ2) is 7.19. The number of terminal acetylenes is 1. The Bertz CT molecular complexity index is 547. The standard InChI is InChI=1S/C15H18N2O3/c1-4-8-17(9-5-2)15(20)16-12-7-6-11(3)13(10-12)14(18)19/h1,6-7,10H,5,8-9H2,2-3H3,(H,16,20)(H,18,19). The average Bonchev–Trinajstić information content (AvgIpc) is 2.40. The van der Waals surface area contributed by atoms with E-state index in [1.165, 1.54) is 11.0 Å². The van der Waals surface area contributed by atoms with Gasteiger partial charge in [0.25, 0.3) is 0 Å². The fourth-order valence-electron chi connectivity index (χ4n) is 1.77. The molecule has 20 heavy (non-hydrogen) atoms. The fourth-order valence-corrected chi connectivity index (χ4v) is 1.77. The molecule has 0 bridgehead atoms. The van der Waals surface area contributed by atoms with Crippen molar-refractivity contribution in [2.75, 3.05) is 18.4 Å². The van der Waals surface area contributed by atoms with Gasteiger partial charge in [0.1, 0.15) is 0 Å². The van der Waals surface area contributed by atoms with Crippen LogP contribution < -0.4 is 5.32 Å². The summed E-state index contributed by atoms with van der Waals surface area (Å²) < 4.78 is 0. The number of carbonyl (C=O) groups excluding carboxylic acids is 1. The van der Waals surface area contributed by atoms with Crippen LogP contribution in [0.1, 0.15) is 29.3 Å². The van der Waals surface area contributed by atoms with Crippen LogP contribution in [-0.4, -0.2) is 35.1 Å². The minimum atomic E-state index is -1.02. The molecule has 1 rings (SSSR count). The highest BCUT2D eigenvalue weighted by Crippen LogP contribution is 2.16. The Morgan fingerprint density at radius 2 is 2.15 bits per heavy atom. The Morgan fingerprint density at radius 3 is 2.70 bits per heavy atom. The number of hydrogen-bond donors (Lipinski definition) is 2. The van der Waals surface area contributed by atoms with Gasteiger partial charge < -0.3 is 15.3 Å². The molecule has 1 aromatic rings. The van der Waals surface area contributed by atoms with Crippen molar-refractivity contribution in [3.05, 3.63) is 29.3 Å². The molecular weight excluding hydrogens is 256 g/mol. The number of urea groups is 1. The van der Waals surface area contributed by atoms with E-state index in [0.29, 0.717) is 17.8 Å². The van der Waals surface area contributed by atoms with Crippen LogP contribution >= 0.6 is 0 Å². The van der Waals surface area contributed by atoms with Crippen molar-refractivity contribution in [3.63, 3.8) is 0 Å². The smallest absolute Gasteiger partial charge is 0.336 e. The summed E-state index contributed by atoms with van der Waals surface area (Å²) in [4.78, 5) is 24.6. The van der Waals surface area contributed by atoms with E-state index >= 15 is 0 Å². The van der Waals surface area contributed by atoms with E-state index in [9.17, 15) is 9.59 Å². The molecule has 2 amide bonds. The molecule has 0 aliphatic rings. The first kappa shape index (κ1) is 15.6. The Morgan fingerprint density at radius 1 is 1.45 bits per heavy atom. The maximum atomic E-state index is 12.0. The van der Waals surface area contributed by atoms with E-state index in [4.69, 9.17) is 11.5 Å². The summed E-state index contributed by atoms with van der Waals surface area (Å²) in [6, 6.07) is 4.43. The summed E-state index contributed by atoms with van der Waals surface area (Å²) in [7, 11) is 0. The van der Waals surface area contributed by atoms with Crippen molar-refractivity contribution in [2.24, 2.45) is 0 Å². The second-order valence-electron chi connectivity index (χ2n) is 4.39. The van der Waals surface area contributed by atoms with Gasteiger partial charge in [0.15, 0.2) is 0 Å². The lowest BCUT2D eigenvalue weighted by Gasteiger charge is -2.20. The number of anilines is 1. The molecule has 5 nitrogen and oxygen atoms in total. The van der Waals surface area contributed by atoms with E-state index < -0.39 is 5.97 Å². The molecular formula is C15H18N2O3. The number of hydrogen-bond acceptors (Lipinski definition) is 2. The first-order valence-electron chi connectivity index (χ1n) is 6.33. The van der Waals surface area contributed by atoms with Crippen molar-refractivity contribution in [1.82, 2.24) is 4.90 Å². The third-order valence-electron chi connectivity index (χ3n) is 2.78. The van der Waals surface area contributed by atoms with Crippen molar-refractivity contribution in [2.45, 2.75) is 20.3 Å². The monoisotopic (exact) mass is 274 g/mol. The van der Waals surface area contributed by atoms with Gasteiger partial charge in [0.05, 0.1) is 12.1 Å². The van der Waals surface area contributed by atoms with Crippen LogP contribution in [0.25, 0.3) is 0 Å². The van der Waals surface area contributed by atoms with Crippen molar-refractivity contribution >= 4 is 17.7 Å². The lowest BCUT2D eigenvalue weighted by atomic mass is 10.1. The molecule has 0 aromatic heterocycles. The SMILES string of the molecule is C#CCN(CCC)C(=O)Nc1ccc(C)c(C(=O)O)c1. The molecule has 0 aliphatic carbocycles. The molecule has 0 aliphatic heterocycles. The molecule has 5 heteroatoms. The number of nitrogens with one attached hydrogen (secondary N) is 1. The van der Waals surface area contributed by atoms with Crippen LogP contribution in [0.4, 0.5) is 10.5 Å². The van der Waals surface area contributed by atoms with E-state index in [-0.39, 0.29) is 18.1 Å². The number of nitrogens with zero attached hydrogens (tertiary/aromatic N) is 1. The number of carboxylic acid groups (broad SMARTS) is 1. The number of rotatable bonds is 5. The van der Waals surface area contributed by atoms with E-state index in [1.807, 2.05) is 6.92 Å². The zero-order chi connectivity index (χ0) is 15.1. The van der Waals surface area contributed by atoms with Gasteiger partial charge in [-0.1, -0.05) is 18.9 Å². The van der Waals surface area contributed by atoms with Crippen LogP contribution in [0, 0.1) is 19.3 Å². The first-order valence-corrected chi connectivity index (χ1v) is 6.33. The number of aryl methyl sites for hydroxylation is 1. The lowest BCUT2D eigenvalue weighted by Crippen LogP contribution is -2.35. The molecule has 0 atom stereocenters. The van der Waals surface area contributed by atoms with Gasteiger partial charge in [-0.15, -0.1) is 6.42 Å². The minimum Gasteiger partial charge on any atom is -0.478 e. The Balaban J connectivity index is 2.87. The Hall–Kier alpha value is -2.48. The van der Waals surface area contributed by atoms with E-state index in [0.717, 1.165) is 6.42 Å². The lowest BCUT2D eigenvalue weighted by molar-refractivity contribution is 0.0696. The molecule has 2 N–H and O–H groups in total. The van der Waals surface area contributed by atoms with Gasteiger partial charge in [-0.25, -0.2) is 9.59 Å². The van der Waals surface area contributed by atoms with Crippen LogP contribution in [0.2, 0.25) is 0 Å². The zero-order valence-electron chi connectivity index (χ0n) is 11.6. The summed E-state index contributed by atoms with van der Waals surface area (Å²) in [5, 5.41) is 11.7. The minimum absolute atomic E-state index is 0.168. The quantitative estimate of drug-likeness (QED) is 0.811. The van der Waals surface area contributed by atoms with Gasteiger partial charge in [0, 0.05) is 12.2 Å². The summed E-state index contributed by atoms with van der Waals surface area (Å²) in [5.41, 5.74) is 1.25. The molecule has 0 saturated carbocycles. The molecule has 1 aromatic carbocycles. The van der Waals surface area contributed by atoms with Gasteiger partial charge in [-0.05, 0) is 31.0 Å². The molecule has 0 fully saturated rings. The number of carbonyl (C=O) groups is 2. The fraction of sp³-hybridized carbons (Fsp3) is 0.333. The number of amides is 2. The number of aromatic carboxylic acids is 1. The van der Waals surface area contributed by atoms with Crippen LogP contribution in [0.5, 0.6) is 0 Å². The van der Waals surface area contributed by atoms with Gasteiger partial charge >= 0.3 is 12.0 Å². The highest BCUT2D eigenvalue weighted by molar-refractivity contribution is 5.94. The molecule has 0 heterocycles. The molecule has 0 unspecified atom stereocenters. The highest BCUT2D eigenvalue weighted by Gasteiger charge is 2.13. The maximum absolute atomic E-state index is 12.0. The van der Waals surface area contributed by atoms with Gasteiger partial charge in [-0.2, -0.15) is 0 Å². The van der Waals surface area contributed by atoms with Gasteiger partial charge in [0.2, 0.25) is 0 Å². The van der Waals surface area contributed by atoms with E-state index in [2.05, 4.69) is 11.2 Å². The largest absolute Gasteiger partial charge is 0.478 e. The van der Waals surface area contributed by atoms with Crippen molar-refractivity contribution in [3.8, 4) is 12.3 Å². The molecule has 0 radical (unpaired) electrons. The normalized spacial score (nSPS) is 9.65. The maximum Gasteiger partial charge on any atom is 0.336 e. The zero-order valence-corrected chi connectivity index (χ0v) is 11.6. The van der Waals surface area contributed by atoms with Crippen LogP contribution in [-0.2, 0) is 0 Å². The summed E-state index contributed by atoms with van der Waals surface area (Å²) in [6.45, 7) is 4.42. The topological polar surface area (TPSA) is 69.6 Å². The number of benzene rings is 1. The molecule has 106 valence electrons. The van der Waals surface area contributed by atoms with Gasteiger partial charge in [-0.3, -0.25) is 0 Å². The predicted molar refractivity (Wildman–Crippen MR) is 77.9 cm³/mol. The summed E-state index contributed by atoms with van der Waals surface area (Å²) in [5.74, 6) is 1.41. The predicted octanol–water partition coefficient (Wildman–Crippen LogP) is 2.57. The first-order chi connectivity index (χ1) is 9.49. The van der Waals surface area contributed by atoms with Crippen molar-refractivity contribution in [1.29, 1.82) is 0 Å².